The van der Waals surface area contributed by atoms with Crippen molar-refractivity contribution in [3.63, 3.8) is 0 Å². The smallest absolute Gasteiger partial charge is 0.257 e. The first-order valence-corrected chi connectivity index (χ1v) is 9.29. The molecule has 8 nitrogen and oxygen atoms in total. The molecular weight excluding hydrogens is 318 g/mol. The van der Waals surface area contributed by atoms with Crippen molar-refractivity contribution < 1.29 is 13.2 Å². The number of likely N-dealkylation sites (N-methyl/N-ethyl adjacent to an activating group) is 1. The molecule has 1 aliphatic heterocycles. The van der Waals surface area contributed by atoms with Crippen LogP contribution in [0.25, 0.3) is 0 Å². The third-order valence-electron chi connectivity index (χ3n) is 3.82. The monoisotopic (exact) mass is 341 g/mol. The molecule has 0 aliphatic carbocycles. The highest BCUT2D eigenvalue weighted by Gasteiger charge is 2.33. The Morgan fingerprint density at radius 2 is 1.96 bits per heavy atom. The zero-order valence-electron chi connectivity index (χ0n) is 13.7. The first-order valence-electron chi connectivity index (χ1n) is 7.47. The van der Waals surface area contributed by atoms with Gasteiger partial charge in [0.05, 0.1) is 17.1 Å². The molecule has 1 atom stereocenters. The summed E-state index contributed by atoms with van der Waals surface area (Å²) < 4.78 is 23.0. The molecule has 1 aliphatic rings. The first-order chi connectivity index (χ1) is 10.8. The number of carbonyl (C=O) groups is 1. The summed E-state index contributed by atoms with van der Waals surface area (Å²) >= 11 is 0. The van der Waals surface area contributed by atoms with Crippen LogP contribution in [0, 0.1) is 0 Å². The number of sulfone groups is 1. The van der Waals surface area contributed by atoms with Gasteiger partial charge in [0.25, 0.3) is 5.91 Å². The molecule has 0 radical (unpaired) electrons. The van der Waals surface area contributed by atoms with Gasteiger partial charge in [-0.25, -0.2) is 18.4 Å². The Hall–Kier alpha value is -1.74. The number of nitrogens with one attached hydrogen (secondary N) is 1. The zero-order chi connectivity index (χ0) is 17.0. The Balaban J connectivity index is 1.94. The van der Waals surface area contributed by atoms with Gasteiger partial charge < -0.3 is 15.1 Å². The molecule has 0 spiro atoms. The van der Waals surface area contributed by atoms with E-state index >= 15 is 0 Å². The van der Waals surface area contributed by atoms with Crippen LogP contribution in [0.4, 0.5) is 5.95 Å². The molecule has 1 aromatic heterocycles. The van der Waals surface area contributed by atoms with Crippen molar-refractivity contribution in [3.8, 4) is 0 Å². The lowest BCUT2D eigenvalue weighted by Crippen LogP contribution is -2.37. The number of hydrogen-bond acceptors (Lipinski definition) is 7. The predicted molar refractivity (Wildman–Crippen MR) is 88.2 cm³/mol. The van der Waals surface area contributed by atoms with Crippen molar-refractivity contribution in [2.24, 2.45) is 0 Å². The van der Waals surface area contributed by atoms with Gasteiger partial charge in [0, 0.05) is 38.6 Å². The molecule has 128 valence electrons. The number of rotatable bonds is 6. The van der Waals surface area contributed by atoms with Crippen molar-refractivity contribution in [2.75, 3.05) is 51.1 Å². The highest BCUT2D eigenvalue weighted by atomic mass is 32.2. The summed E-state index contributed by atoms with van der Waals surface area (Å²) in [6.07, 6.45) is 3.41. The maximum atomic E-state index is 12.4. The minimum absolute atomic E-state index is 0.0280. The number of nitrogens with zero attached hydrogens (tertiary/aromatic N) is 4. The van der Waals surface area contributed by atoms with Crippen molar-refractivity contribution >= 4 is 21.7 Å². The summed E-state index contributed by atoms with van der Waals surface area (Å²) in [5.41, 5.74) is 0.356. The summed E-state index contributed by atoms with van der Waals surface area (Å²) in [6.45, 7) is 1.56. The summed E-state index contributed by atoms with van der Waals surface area (Å²) in [5, 5.41) is 3.07. The van der Waals surface area contributed by atoms with E-state index in [4.69, 9.17) is 0 Å². The number of carbonyl (C=O) groups excluding carboxylic acids is 1. The van der Waals surface area contributed by atoms with E-state index in [-0.39, 0.29) is 23.5 Å². The standard InChI is InChI=1S/C14H23N5O3S/c1-18(2)6-5-15-14-16-8-11(9-17-14)13(20)19(3)12-4-7-23(21,22)10-12/h8-9,12H,4-7,10H2,1-3H3,(H,15,16,17). The number of anilines is 1. The van der Waals surface area contributed by atoms with Crippen LogP contribution in [0.1, 0.15) is 16.8 Å². The van der Waals surface area contributed by atoms with E-state index in [1.807, 2.05) is 19.0 Å². The van der Waals surface area contributed by atoms with Crippen LogP contribution in [-0.2, 0) is 9.84 Å². The minimum Gasteiger partial charge on any atom is -0.353 e. The van der Waals surface area contributed by atoms with Gasteiger partial charge in [0.15, 0.2) is 9.84 Å². The summed E-state index contributed by atoms with van der Waals surface area (Å²) in [4.78, 5) is 24.1. The van der Waals surface area contributed by atoms with E-state index in [1.165, 1.54) is 17.3 Å². The summed E-state index contributed by atoms with van der Waals surface area (Å²) in [5.74, 6) is 0.377. The molecule has 1 amide bonds. The van der Waals surface area contributed by atoms with Crippen molar-refractivity contribution in [1.29, 1.82) is 0 Å². The summed E-state index contributed by atoms with van der Waals surface area (Å²) in [6, 6.07) is -0.273. The van der Waals surface area contributed by atoms with Crippen LogP contribution in [0.15, 0.2) is 12.4 Å². The lowest BCUT2D eigenvalue weighted by molar-refractivity contribution is 0.0747. The molecule has 23 heavy (non-hydrogen) atoms. The topological polar surface area (TPSA) is 95.5 Å². The molecule has 2 heterocycles. The number of aromatic nitrogens is 2. The molecule has 0 aromatic carbocycles. The Morgan fingerprint density at radius 1 is 1.30 bits per heavy atom. The fourth-order valence-corrected chi connectivity index (χ4v) is 4.15. The van der Waals surface area contributed by atoms with E-state index in [9.17, 15) is 13.2 Å². The van der Waals surface area contributed by atoms with Gasteiger partial charge in [-0.3, -0.25) is 4.79 Å². The van der Waals surface area contributed by atoms with E-state index in [0.29, 0.717) is 24.5 Å². The van der Waals surface area contributed by atoms with Crippen molar-refractivity contribution in [1.82, 2.24) is 19.8 Å². The minimum atomic E-state index is -3.02. The van der Waals surface area contributed by atoms with Crippen LogP contribution in [0.2, 0.25) is 0 Å². The van der Waals surface area contributed by atoms with Gasteiger partial charge in [0.2, 0.25) is 5.95 Å². The first kappa shape index (κ1) is 17.6. The van der Waals surface area contributed by atoms with Gasteiger partial charge in [-0.1, -0.05) is 0 Å². The molecular formula is C14H23N5O3S. The number of amides is 1. The van der Waals surface area contributed by atoms with Crippen LogP contribution in [-0.4, -0.2) is 85.9 Å². The average molecular weight is 341 g/mol. The largest absolute Gasteiger partial charge is 0.353 e. The zero-order valence-corrected chi connectivity index (χ0v) is 14.5. The molecule has 1 saturated heterocycles. The average Bonchev–Trinajstić information content (AvgIpc) is 2.86. The van der Waals surface area contributed by atoms with Gasteiger partial charge in [-0.15, -0.1) is 0 Å². The molecule has 9 heteroatoms. The maximum absolute atomic E-state index is 12.4. The lowest BCUT2D eigenvalue weighted by atomic mass is 10.2. The van der Waals surface area contributed by atoms with Gasteiger partial charge in [-0.2, -0.15) is 0 Å². The number of hydrogen-bond donors (Lipinski definition) is 1. The second kappa shape index (κ2) is 7.22. The molecule has 1 N–H and O–H groups in total. The Morgan fingerprint density at radius 3 is 2.48 bits per heavy atom. The predicted octanol–water partition coefficient (Wildman–Crippen LogP) is -0.291. The van der Waals surface area contributed by atoms with Crippen molar-refractivity contribution in [2.45, 2.75) is 12.5 Å². The van der Waals surface area contributed by atoms with Gasteiger partial charge in [0.1, 0.15) is 0 Å². The van der Waals surface area contributed by atoms with Gasteiger partial charge in [-0.05, 0) is 20.5 Å². The Labute approximate surface area is 136 Å². The second-order valence-corrected chi connectivity index (χ2v) is 8.23. The van der Waals surface area contributed by atoms with Crippen LogP contribution in [0.3, 0.4) is 0 Å². The van der Waals surface area contributed by atoms with Crippen molar-refractivity contribution in [3.05, 3.63) is 18.0 Å². The van der Waals surface area contributed by atoms with E-state index < -0.39 is 9.84 Å². The van der Waals surface area contributed by atoms with Gasteiger partial charge >= 0.3 is 0 Å². The highest BCUT2D eigenvalue weighted by molar-refractivity contribution is 7.91. The molecule has 1 fully saturated rings. The molecule has 1 aromatic rings. The lowest BCUT2D eigenvalue weighted by Gasteiger charge is -2.23. The highest BCUT2D eigenvalue weighted by Crippen LogP contribution is 2.18. The fraction of sp³-hybridized carbons (Fsp3) is 0.643. The van der Waals surface area contributed by atoms with Crippen LogP contribution >= 0.6 is 0 Å². The maximum Gasteiger partial charge on any atom is 0.257 e. The van der Waals surface area contributed by atoms with E-state index in [0.717, 1.165) is 6.54 Å². The third-order valence-corrected chi connectivity index (χ3v) is 5.57. The molecule has 1 unspecified atom stereocenters. The second-order valence-electron chi connectivity index (χ2n) is 6.00. The summed E-state index contributed by atoms with van der Waals surface area (Å²) in [7, 11) is 2.55. The Kier molecular flexibility index (Phi) is 5.53. The van der Waals surface area contributed by atoms with Crippen LogP contribution < -0.4 is 5.32 Å². The SMILES string of the molecule is CN(C)CCNc1ncc(C(=O)N(C)C2CCS(=O)(=O)C2)cn1. The Bertz CT molecular complexity index is 645. The van der Waals surface area contributed by atoms with E-state index in [2.05, 4.69) is 15.3 Å². The molecule has 0 bridgehead atoms. The van der Waals surface area contributed by atoms with E-state index in [1.54, 1.807) is 7.05 Å². The third kappa shape index (κ3) is 4.87. The molecule has 2 rings (SSSR count). The normalized spacial score (nSPS) is 19.7. The quantitative estimate of drug-likeness (QED) is 0.759. The fourth-order valence-electron chi connectivity index (χ4n) is 2.37. The molecule has 0 saturated carbocycles. The van der Waals surface area contributed by atoms with Crippen LogP contribution in [0.5, 0.6) is 0 Å².